The van der Waals surface area contributed by atoms with Gasteiger partial charge in [0.1, 0.15) is 12.4 Å². The Labute approximate surface area is 152 Å². The van der Waals surface area contributed by atoms with E-state index < -0.39 is 0 Å². The lowest BCUT2D eigenvalue weighted by atomic mass is 10.1. The summed E-state index contributed by atoms with van der Waals surface area (Å²) < 4.78 is 11.0. The van der Waals surface area contributed by atoms with Gasteiger partial charge in [-0.05, 0) is 29.7 Å². The number of nitrogen functional groups attached to an aromatic ring is 1. The van der Waals surface area contributed by atoms with Gasteiger partial charge in [-0.2, -0.15) is 0 Å². The van der Waals surface area contributed by atoms with Gasteiger partial charge in [-0.3, -0.25) is 0 Å². The maximum atomic E-state index is 5.84. The fraction of sp³-hybridized carbons (Fsp3) is 0.300. The molecule has 0 bridgehead atoms. The average Bonchev–Trinajstić information content (AvgIpc) is 3.33. The van der Waals surface area contributed by atoms with Gasteiger partial charge in [0.25, 0.3) is 0 Å². The Morgan fingerprint density at radius 3 is 2.62 bits per heavy atom. The van der Waals surface area contributed by atoms with Crippen molar-refractivity contribution in [1.82, 2.24) is 15.5 Å². The van der Waals surface area contributed by atoms with Crippen molar-refractivity contribution in [2.45, 2.75) is 31.4 Å². The van der Waals surface area contributed by atoms with E-state index in [-0.39, 0.29) is 6.01 Å². The molecule has 2 aromatic carbocycles. The number of hydrogen-bond donors (Lipinski definition) is 2. The lowest BCUT2D eigenvalue weighted by molar-refractivity contribution is 0.306. The Hall–Kier alpha value is -2.86. The highest BCUT2D eigenvalue weighted by molar-refractivity contribution is 5.34. The number of nitrogens with one attached hydrogen (secondary N) is 1. The van der Waals surface area contributed by atoms with Gasteiger partial charge < -0.3 is 20.2 Å². The van der Waals surface area contributed by atoms with Crippen LogP contribution in [0, 0.1) is 0 Å². The molecule has 0 saturated heterocycles. The monoisotopic (exact) mass is 350 g/mol. The van der Waals surface area contributed by atoms with E-state index in [4.69, 9.17) is 14.9 Å². The highest BCUT2D eigenvalue weighted by Crippen LogP contribution is 2.41. The van der Waals surface area contributed by atoms with E-state index in [0.29, 0.717) is 30.9 Å². The van der Waals surface area contributed by atoms with Crippen LogP contribution in [-0.4, -0.2) is 22.8 Å². The fourth-order valence-electron chi connectivity index (χ4n) is 3.07. The second kappa shape index (κ2) is 7.58. The lowest BCUT2D eigenvalue weighted by Gasteiger charge is -2.08. The Morgan fingerprint density at radius 1 is 1.08 bits per heavy atom. The van der Waals surface area contributed by atoms with Crippen LogP contribution in [0.1, 0.15) is 29.4 Å². The molecule has 0 amide bonds. The molecule has 1 fully saturated rings. The van der Waals surface area contributed by atoms with Crippen molar-refractivity contribution in [3.63, 3.8) is 0 Å². The van der Waals surface area contributed by atoms with Crippen LogP contribution < -0.4 is 15.8 Å². The van der Waals surface area contributed by atoms with Gasteiger partial charge in [-0.15, -0.1) is 5.10 Å². The van der Waals surface area contributed by atoms with Crippen molar-refractivity contribution >= 4 is 6.01 Å². The molecule has 1 aromatic heterocycles. The first-order valence-electron chi connectivity index (χ1n) is 8.86. The van der Waals surface area contributed by atoms with Gasteiger partial charge >= 0.3 is 6.01 Å². The van der Waals surface area contributed by atoms with Crippen LogP contribution in [0.5, 0.6) is 5.75 Å². The summed E-state index contributed by atoms with van der Waals surface area (Å²) in [5.74, 6) is 2.04. The summed E-state index contributed by atoms with van der Waals surface area (Å²) in [4.78, 5) is 0. The fourth-order valence-corrected chi connectivity index (χ4v) is 3.07. The van der Waals surface area contributed by atoms with Gasteiger partial charge in [0.05, 0.1) is 0 Å². The number of rotatable bonds is 8. The molecule has 1 aliphatic carbocycles. The maximum Gasteiger partial charge on any atom is 0.312 e. The minimum Gasteiger partial charge on any atom is -0.489 e. The number of nitrogens with zero attached hydrogens (tertiary/aromatic N) is 2. The third-order valence-corrected chi connectivity index (χ3v) is 4.57. The van der Waals surface area contributed by atoms with Crippen LogP contribution in [0.15, 0.2) is 59.0 Å². The van der Waals surface area contributed by atoms with Gasteiger partial charge in [-0.25, -0.2) is 0 Å². The van der Waals surface area contributed by atoms with Crippen LogP contribution in [0.2, 0.25) is 0 Å². The number of anilines is 1. The Morgan fingerprint density at radius 2 is 1.88 bits per heavy atom. The Kier molecular flexibility index (Phi) is 4.84. The quantitative estimate of drug-likeness (QED) is 0.650. The molecular weight excluding hydrogens is 328 g/mol. The Balaban J connectivity index is 1.22. The van der Waals surface area contributed by atoms with Crippen LogP contribution in [0.4, 0.5) is 6.01 Å². The lowest BCUT2D eigenvalue weighted by Crippen LogP contribution is -2.21. The second-order valence-electron chi connectivity index (χ2n) is 6.53. The average molecular weight is 350 g/mol. The molecule has 2 atom stereocenters. The zero-order valence-corrected chi connectivity index (χ0v) is 14.5. The van der Waals surface area contributed by atoms with E-state index >= 15 is 0 Å². The van der Waals surface area contributed by atoms with Gasteiger partial charge in [-0.1, -0.05) is 47.6 Å². The van der Waals surface area contributed by atoms with E-state index in [1.165, 1.54) is 11.1 Å². The standard InChI is InChI=1S/C20H22N4O2/c21-20-24-23-19(26-20)10-11-22-18-12-17(18)15-6-8-16(9-7-15)25-13-14-4-2-1-3-5-14/h1-9,17-18,22H,10-13H2,(H2,21,24). The minimum absolute atomic E-state index is 0.124. The molecule has 1 saturated carbocycles. The SMILES string of the molecule is Nc1nnc(CCNC2CC2c2ccc(OCc3ccccc3)cc2)o1. The van der Waals surface area contributed by atoms with Crippen molar-refractivity contribution in [1.29, 1.82) is 0 Å². The normalized spacial score (nSPS) is 18.6. The summed E-state index contributed by atoms with van der Waals surface area (Å²) in [7, 11) is 0. The molecule has 3 aromatic rings. The maximum absolute atomic E-state index is 5.84. The van der Waals surface area contributed by atoms with Gasteiger partial charge in [0.2, 0.25) is 5.89 Å². The highest BCUT2D eigenvalue weighted by Gasteiger charge is 2.37. The third kappa shape index (κ3) is 4.21. The summed E-state index contributed by atoms with van der Waals surface area (Å²) in [6.45, 7) is 1.40. The molecular formula is C20H22N4O2. The number of ether oxygens (including phenoxy) is 1. The van der Waals surface area contributed by atoms with Crippen molar-refractivity contribution in [3.8, 4) is 5.75 Å². The molecule has 0 radical (unpaired) electrons. The van der Waals surface area contributed by atoms with E-state index in [1.807, 2.05) is 18.2 Å². The molecule has 3 N–H and O–H groups in total. The summed E-state index contributed by atoms with van der Waals surface area (Å²) in [5, 5.41) is 11.0. The van der Waals surface area contributed by atoms with Crippen molar-refractivity contribution in [2.75, 3.05) is 12.3 Å². The number of benzene rings is 2. The molecule has 1 heterocycles. The second-order valence-corrected chi connectivity index (χ2v) is 6.53. The number of nitrogens with two attached hydrogens (primary N) is 1. The molecule has 26 heavy (non-hydrogen) atoms. The molecule has 4 rings (SSSR count). The van der Waals surface area contributed by atoms with E-state index in [0.717, 1.165) is 18.7 Å². The van der Waals surface area contributed by atoms with Crippen LogP contribution in [0.25, 0.3) is 0 Å². The molecule has 6 nitrogen and oxygen atoms in total. The zero-order valence-electron chi connectivity index (χ0n) is 14.5. The smallest absolute Gasteiger partial charge is 0.312 e. The first-order chi connectivity index (χ1) is 12.8. The molecule has 0 aliphatic heterocycles. The minimum atomic E-state index is 0.124. The third-order valence-electron chi connectivity index (χ3n) is 4.57. The topological polar surface area (TPSA) is 86.2 Å². The number of aromatic nitrogens is 2. The molecule has 0 spiro atoms. The summed E-state index contributed by atoms with van der Waals surface area (Å²) in [5.41, 5.74) is 7.93. The van der Waals surface area contributed by atoms with E-state index in [2.05, 4.69) is 51.9 Å². The van der Waals surface area contributed by atoms with Crippen LogP contribution in [-0.2, 0) is 13.0 Å². The first kappa shape index (κ1) is 16.6. The van der Waals surface area contributed by atoms with E-state index in [9.17, 15) is 0 Å². The number of hydrogen-bond acceptors (Lipinski definition) is 6. The van der Waals surface area contributed by atoms with Gasteiger partial charge in [0, 0.05) is 24.9 Å². The molecule has 1 aliphatic rings. The summed E-state index contributed by atoms with van der Waals surface area (Å²) >= 11 is 0. The molecule has 6 heteroatoms. The largest absolute Gasteiger partial charge is 0.489 e. The van der Waals surface area contributed by atoms with Crippen LogP contribution >= 0.6 is 0 Å². The Bertz CT molecular complexity index is 833. The summed E-state index contributed by atoms with van der Waals surface area (Å²) in [6.07, 6.45) is 1.84. The van der Waals surface area contributed by atoms with Crippen molar-refractivity contribution < 1.29 is 9.15 Å². The highest BCUT2D eigenvalue weighted by atomic mass is 16.5. The predicted molar refractivity (Wildman–Crippen MR) is 98.8 cm³/mol. The molecule has 2 unspecified atom stereocenters. The van der Waals surface area contributed by atoms with Crippen molar-refractivity contribution in [2.24, 2.45) is 0 Å². The summed E-state index contributed by atoms with van der Waals surface area (Å²) in [6, 6.07) is 19.2. The van der Waals surface area contributed by atoms with Crippen LogP contribution in [0.3, 0.4) is 0 Å². The zero-order chi connectivity index (χ0) is 17.8. The van der Waals surface area contributed by atoms with E-state index in [1.54, 1.807) is 0 Å². The van der Waals surface area contributed by atoms with Gasteiger partial charge in [0.15, 0.2) is 0 Å². The molecule has 134 valence electrons. The van der Waals surface area contributed by atoms with Crippen molar-refractivity contribution in [3.05, 3.63) is 71.6 Å². The first-order valence-corrected chi connectivity index (χ1v) is 8.86. The predicted octanol–water partition coefficient (Wildman–Crippen LogP) is 2.92.